The average molecular weight is 338 g/mol. The summed E-state index contributed by atoms with van der Waals surface area (Å²) in [4.78, 5) is 33.6. The van der Waals surface area contributed by atoms with Crippen LogP contribution in [0.3, 0.4) is 0 Å². The lowest BCUT2D eigenvalue weighted by Gasteiger charge is -2.38. The van der Waals surface area contributed by atoms with E-state index in [2.05, 4.69) is 22.2 Å². The lowest BCUT2D eigenvalue weighted by molar-refractivity contribution is -0.134. The van der Waals surface area contributed by atoms with Crippen molar-refractivity contribution in [3.8, 4) is 11.4 Å². The van der Waals surface area contributed by atoms with Crippen LogP contribution in [-0.2, 0) is 16.0 Å². The van der Waals surface area contributed by atoms with Gasteiger partial charge in [-0.05, 0) is 31.4 Å². The molecule has 3 rings (SSSR count). The molecule has 0 unspecified atom stereocenters. The largest absolute Gasteiger partial charge is 0.354 e. The van der Waals surface area contributed by atoms with Crippen molar-refractivity contribution in [1.82, 2.24) is 20.2 Å². The third-order valence-corrected chi connectivity index (χ3v) is 4.64. The Bertz CT molecular complexity index is 718. The molecule has 1 aromatic heterocycles. The van der Waals surface area contributed by atoms with Gasteiger partial charge in [0.1, 0.15) is 0 Å². The van der Waals surface area contributed by atoms with E-state index in [-0.39, 0.29) is 18.0 Å². The zero-order valence-electron chi connectivity index (χ0n) is 14.3. The summed E-state index contributed by atoms with van der Waals surface area (Å²) in [5.74, 6) is 0.765. The fourth-order valence-electron chi connectivity index (χ4n) is 3.18. The predicted molar refractivity (Wildman–Crippen MR) is 94.6 cm³/mol. The Morgan fingerprint density at radius 2 is 1.96 bits per heavy atom. The summed E-state index contributed by atoms with van der Waals surface area (Å²) in [7, 11) is 0. The minimum absolute atomic E-state index is 0.0512. The normalized spacial score (nSPS) is 20.1. The van der Waals surface area contributed by atoms with Crippen LogP contribution >= 0.6 is 0 Å². The zero-order chi connectivity index (χ0) is 17.6. The molecule has 0 bridgehead atoms. The van der Waals surface area contributed by atoms with E-state index in [9.17, 15) is 9.59 Å². The number of benzene rings is 1. The van der Waals surface area contributed by atoms with E-state index in [0.717, 1.165) is 24.0 Å². The summed E-state index contributed by atoms with van der Waals surface area (Å²) in [6, 6.07) is 9.80. The molecule has 1 saturated heterocycles. The molecule has 25 heavy (non-hydrogen) atoms. The monoisotopic (exact) mass is 338 g/mol. The molecule has 0 saturated carbocycles. The van der Waals surface area contributed by atoms with Gasteiger partial charge in [0.15, 0.2) is 5.82 Å². The molecular formula is C19H22N4O2. The molecule has 6 nitrogen and oxygen atoms in total. The van der Waals surface area contributed by atoms with Crippen molar-refractivity contribution in [3.63, 3.8) is 0 Å². The topological polar surface area (TPSA) is 75.2 Å². The first-order valence-corrected chi connectivity index (χ1v) is 8.53. The summed E-state index contributed by atoms with van der Waals surface area (Å²) in [6.45, 7) is 2.64. The second kappa shape index (κ2) is 7.88. The van der Waals surface area contributed by atoms with Crippen molar-refractivity contribution in [3.05, 3.63) is 48.3 Å². The van der Waals surface area contributed by atoms with Gasteiger partial charge in [0.05, 0.1) is 6.42 Å². The van der Waals surface area contributed by atoms with Gasteiger partial charge < -0.3 is 10.2 Å². The van der Waals surface area contributed by atoms with Gasteiger partial charge >= 0.3 is 0 Å². The number of piperidine rings is 1. The number of nitrogens with zero attached hydrogens (tertiary/aromatic N) is 3. The van der Waals surface area contributed by atoms with E-state index in [1.54, 1.807) is 18.5 Å². The van der Waals surface area contributed by atoms with Crippen molar-refractivity contribution in [1.29, 1.82) is 0 Å². The number of hydrogen-bond donors (Lipinski definition) is 1. The van der Waals surface area contributed by atoms with Gasteiger partial charge in [-0.25, -0.2) is 9.97 Å². The number of hydrogen-bond acceptors (Lipinski definition) is 4. The Balaban J connectivity index is 1.65. The van der Waals surface area contributed by atoms with E-state index in [4.69, 9.17) is 0 Å². The molecule has 1 N–H and O–H groups in total. The molecule has 2 atom stereocenters. The van der Waals surface area contributed by atoms with Crippen molar-refractivity contribution < 1.29 is 9.59 Å². The van der Waals surface area contributed by atoms with Crippen LogP contribution in [0.15, 0.2) is 42.7 Å². The molecule has 1 fully saturated rings. The molecular weight excluding hydrogens is 316 g/mol. The van der Waals surface area contributed by atoms with Crippen LogP contribution in [0.5, 0.6) is 0 Å². The van der Waals surface area contributed by atoms with Gasteiger partial charge in [0.2, 0.25) is 12.3 Å². The highest BCUT2D eigenvalue weighted by molar-refractivity contribution is 5.79. The second-order valence-electron chi connectivity index (χ2n) is 6.40. The van der Waals surface area contributed by atoms with Crippen molar-refractivity contribution >= 4 is 12.3 Å². The Morgan fingerprint density at radius 1 is 1.24 bits per heavy atom. The maximum absolute atomic E-state index is 12.7. The zero-order valence-corrected chi connectivity index (χ0v) is 14.3. The average Bonchev–Trinajstić information content (AvgIpc) is 2.65. The predicted octanol–water partition coefficient (Wildman–Crippen LogP) is 1.81. The molecule has 130 valence electrons. The Hall–Kier alpha value is -2.76. The van der Waals surface area contributed by atoms with Gasteiger partial charge in [-0.2, -0.15) is 0 Å². The van der Waals surface area contributed by atoms with Crippen LogP contribution in [0.4, 0.5) is 0 Å². The second-order valence-corrected chi connectivity index (χ2v) is 6.40. The number of amides is 2. The number of nitrogens with one attached hydrogen (secondary N) is 1. The molecule has 6 heteroatoms. The Kier molecular flexibility index (Phi) is 5.38. The van der Waals surface area contributed by atoms with Crippen LogP contribution in [0.2, 0.25) is 0 Å². The maximum atomic E-state index is 12.7. The van der Waals surface area contributed by atoms with Crippen LogP contribution in [0.1, 0.15) is 25.3 Å². The van der Waals surface area contributed by atoms with Crippen molar-refractivity contribution in [2.75, 3.05) is 6.54 Å². The van der Waals surface area contributed by atoms with Crippen LogP contribution < -0.4 is 5.32 Å². The molecule has 2 heterocycles. The summed E-state index contributed by atoms with van der Waals surface area (Å²) in [6.07, 6.45) is 6.31. The molecule has 1 aliphatic rings. The van der Waals surface area contributed by atoms with Crippen LogP contribution in [0, 0.1) is 0 Å². The summed E-state index contributed by atoms with van der Waals surface area (Å²) in [5.41, 5.74) is 1.89. The highest BCUT2D eigenvalue weighted by Crippen LogP contribution is 2.19. The molecule has 2 aromatic rings. The fraction of sp³-hybridized carbons (Fsp3) is 0.368. The Morgan fingerprint density at radius 3 is 2.64 bits per heavy atom. The SMILES string of the molecule is C[C@H]1CC[C@@H](NC=O)CN1C(=O)Cc1ccc(-c2ncccn2)cc1. The number of likely N-dealkylation sites (tertiary alicyclic amines) is 1. The minimum atomic E-state index is 0.0512. The standard InChI is InChI=1S/C19H22N4O2/c1-14-3-8-17(22-13-24)12-23(14)18(25)11-15-4-6-16(7-5-15)19-20-9-2-10-21-19/h2,4-7,9-10,13-14,17H,3,8,11-12H2,1H3,(H,22,24)/t14-,17+/m0/s1. The fourth-order valence-corrected chi connectivity index (χ4v) is 3.18. The van der Waals surface area contributed by atoms with Crippen molar-refractivity contribution in [2.24, 2.45) is 0 Å². The van der Waals surface area contributed by atoms with E-state index < -0.39 is 0 Å². The molecule has 0 spiro atoms. The molecule has 1 aromatic carbocycles. The third-order valence-electron chi connectivity index (χ3n) is 4.64. The first kappa shape index (κ1) is 17.1. The van der Waals surface area contributed by atoms with Crippen molar-refractivity contribution in [2.45, 2.75) is 38.3 Å². The summed E-state index contributed by atoms with van der Waals surface area (Å²) < 4.78 is 0. The highest BCUT2D eigenvalue weighted by Gasteiger charge is 2.28. The first-order valence-electron chi connectivity index (χ1n) is 8.53. The summed E-state index contributed by atoms with van der Waals surface area (Å²) in [5, 5.41) is 2.79. The third kappa shape index (κ3) is 4.21. The van der Waals surface area contributed by atoms with Crippen LogP contribution in [0.25, 0.3) is 11.4 Å². The van der Waals surface area contributed by atoms with E-state index >= 15 is 0 Å². The van der Waals surface area contributed by atoms with Gasteiger partial charge in [0, 0.05) is 36.6 Å². The molecule has 2 amide bonds. The number of carbonyl (C=O) groups excluding carboxylic acids is 2. The van der Waals surface area contributed by atoms with E-state index in [1.165, 1.54) is 0 Å². The molecule has 0 radical (unpaired) electrons. The number of carbonyl (C=O) groups is 2. The Labute approximate surface area is 147 Å². The lowest BCUT2D eigenvalue weighted by atomic mass is 9.98. The van der Waals surface area contributed by atoms with Gasteiger partial charge in [-0.15, -0.1) is 0 Å². The van der Waals surface area contributed by atoms with E-state index in [0.29, 0.717) is 25.2 Å². The van der Waals surface area contributed by atoms with E-state index in [1.807, 2.05) is 29.2 Å². The number of rotatable bonds is 5. The van der Waals surface area contributed by atoms with Gasteiger partial charge in [-0.3, -0.25) is 9.59 Å². The van der Waals surface area contributed by atoms with Gasteiger partial charge in [-0.1, -0.05) is 24.3 Å². The molecule has 1 aliphatic heterocycles. The van der Waals surface area contributed by atoms with Crippen LogP contribution in [-0.4, -0.2) is 45.8 Å². The smallest absolute Gasteiger partial charge is 0.227 e. The lowest BCUT2D eigenvalue weighted by Crippen LogP contribution is -2.52. The minimum Gasteiger partial charge on any atom is -0.354 e. The quantitative estimate of drug-likeness (QED) is 0.844. The molecule has 0 aliphatic carbocycles. The van der Waals surface area contributed by atoms with Gasteiger partial charge in [0.25, 0.3) is 0 Å². The first-order chi connectivity index (χ1) is 12.2. The number of aromatic nitrogens is 2. The summed E-state index contributed by atoms with van der Waals surface area (Å²) >= 11 is 0. The maximum Gasteiger partial charge on any atom is 0.227 e. The highest BCUT2D eigenvalue weighted by atomic mass is 16.2.